The van der Waals surface area contributed by atoms with E-state index in [0.717, 1.165) is 11.6 Å². The normalized spacial score (nSPS) is 12.0. The quantitative estimate of drug-likeness (QED) is 0.890. The molecule has 0 fully saturated rings. The Hall–Kier alpha value is -2.43. The van der Waals surface area contributed by atoms with E-state index in [4.69, 9.17) is 5.11 Å². The first-order valence-electron chi connectivity index (χ1n) is 6.44. The minimum absolute atomic E-state index is 0.183. The van der Waals surface area contributed by atoms with Crippen molar-refractivity contribution in [3.63, 3.8) is 0 Å². The summed E-state index contributed by atoms with van der Waals surface area (Å²) in [5.74, 6) is -2.77. The largest absolute Gasteiger partial charge is 0.478 e. The Balaban J connectivity index is 2.25. The zero-order valence-electron chi connectivity index (χ0n) is 11.7. The predicted octanol–water partition coefficient (Wildman–Crippen LogP) is 4.14. The SMILES string of the molecule is Cc1cc(C(=O)O)ccc1NC(C)c1cccc(F)c1F. The molecule has 0 radical (unpaired) electrons. The third-order valence-electron chi connectivity index (χ3n) is 3.29. The second kappa shape index (κ2) is 5.91. The van der Waals surface area contributed by atoms with Crippen LogP contribution in [0.4, 0.5) is 14.5 Å². The zero-order valence-corrected chi connectivity index (χ0v) is 11.7. The summed E-state index contributed by atoms with van der Waals surface area (Å²) >= 11 is 0. The minimum Gasteiger partial charge on any atom is -0.478 e. The summed E-state index contributed by atoms with van der Waals surface area (Å²) in [5, 5.41) is 12.0. The van der Waals surface area contributed by atoms with E-state index in [1.54, 1.807) is 19.9 Å². The fraction of sp³-hybridized carbons (Fsp3) is 0.188. The van der Waals surface area contributed by atoms with Gasteiger partial charge in [0.15, 0.2) is 11.6 Å². The first-order valence-corrected chi connectivity index (χ1v) is 6.44. The highest BCUT2D eigenvalue weighted by atomic mass is 19.2. The van der Waals surface area contributed by atoms with Gasteiger partial charge in [-0.15, -0.1) is 0 Å². The lowest BCUT2D eigenvalue weighted by Crippen LogP contribution is -2.11. The van der Waals surface area contributed by atoms with Crippen LogP contribution in [-0.2, 0) is 0 Å². The maximum absolute atomic E-state index is 13.7. The van der Waals surface area contributed by atoms with E-state index in [2.05, 4.69) is 5.32 Å². The maximum Gasteiger partial charge on any atom is 0.335 e. The fourth-order valence-electron chi connectivity index (χ4n) is 2.12. The van der Waals surface area contributed by atoms with Crippen LogP contribution in [0.2, 0.25) is 0 Å². The molecule has 110 valence electrons. The lowest BCUT2D eigenvalue weighted by molar-refractivity contribution is 0.0697. The maximum atomic E-state index is 13.7. The first kappa shape index (κ1) is 15.0. The van der Waals surface area contributed by atoms with E-state index >= 15 is 0 Å². The lowest BCUT2D eigenvalue weighted by atomic mass is 10.1. The van der Waals surface area contributed by atoms with Crippen LogP contribution in [0.5, 0.6) is 0 Å². The Labute approximate surface area is 121 Å². The van der Waals surface area contributed by atoms with Crippen LogP contribution in [0, 0.1) is 18.6 Å². The van der Waals surface area contributed by atoms with Gasteiger partial charge >= 0.3 is 5.97 Å². The molecule has 1 unspecified atom stereocenters. The molecule has 5 heteroatoms. The number of carboxylic acids is 1. The van der Waals surface area contributed by atoms with Crippen LogP contribution in [0.3, 0.4) is 0 Å². The molecule has 0 heterocycles. The minimum atomic E-state index is -1.01. The molecule has 0 aliphatic rings. The molecule has 0 aromatic heterocycles. The summed E-state index contributed by atoms with van der Waals surface area (Å²) in [6.07, 6.45) is 0. The summed E-state index contributed by atoms with van der Waals surface area (Å²) in [6, 6.07) is 8.19. The van der Waals surface area contributed by atoms with Gasteiger partial charge in [0, 0.05) is 11.3 Å². The van der Waals surface area contributed by atoms with Crippen LogP contribution in [0.25, 0.3) is 0 Å². The second-order valence-corrected chi connectivity index (χ2v) is 4.84. The summed E-state index contributed by atoms with van der Waals surface area (Å²) in [6.45, 7) is 3.46. The molecule has 2 rings (SSSR count). The third kappa shape index (κ3) is 3.18. The second-order valence-electron chi connectivity index (χ2n) is 4.84. The number of aromatic carboxylic acids is 1. The Bertz CT molecular complexity index is 686. The van der Waals surface area contributed by atoms with Gasteiger partial charge in [-0.3, -0.25) is 0 Å². The average Bonchev–Trinajstić information content (AvgIpc) is 2.43. The van der Waals surface area contributed by atoms with Crippen LogP contribution in [0.1, 0.15) is 34.5 Å². The van der Waals surface area contributed by atoms with Gasteiger partial charge in [-0.1, -0.05) is 12.1 Å². The Morgan fingerprint density at radius 3 is 2.57 bits per heavy atom. The van der Waals surface area contributed by atoms with Gasteiger partial charge in [0.25, 0.3) is 0 Å². The first-order chi connectivity index (χ1) is 9.90. The smallest absolute Gasteiger partial charge is 0.335 e. The molecule has 0 bridgehead atoms. The number of anilines is 1. The van der Waals surface area contributed by atoms with Crippen molar-refractivity contribution < 1.29 is 18.7 Å². The summed E-state index contributed by atoms with van der Waals surface area (Å²) < 4.78 is 27.0. The van der Waals surface area contributed by atoms with Crippen molar-refractivity contribution in [3.8, 4) is 0 Å². The standard InChI is InChI=1S/C16H15F2NO2/c1-9-8-11(16(20)21)6-7-14(9)19-10(2)12-4-3-5-13(17)15(12)18/h3-8,10,19H,1-2H3,(H,20,21). The highest BCUT2D eigenvalue weighted by Gasteiger charge is 2.15. The summed E-state index contributed by atoms with van der Waals surface area (Å²) in [7, 11) is 0. The van der Waals surface area contributed by atoms with Crippen molar-refractivity contribution in [2.45, 2.75) is 19.9 Å². The number of carboxylic acid groups (broad SMARTS) is 1. The van der Waals surface area contributed by atoms with Crippen molar-refractivity contribution in [2.24, 2.45) is 0 Å². The lowest BCUT2D eigenvalue weighted by Gasteiger charge is -2.18. The van der Waals surface area contributed by atoms with Gasteiger partial charge in [0.1, 0.15) is 0 Å². The molecule has 2 N–H and O–H groups in total. The summed E-state index contributed by atoms with van der Waals surface area (Å²) in [5.41, 5.74) is 1.80. The molecule has 0 aliphatic heterocycles. The molecule has 21 heavy (non-hydrogen) atoms. The van der Waals surface area contributed by atoms with Crippen LogP contribution in [0.15, 0.2) is 36.4 Å². The van der Waals surface area contributed by atoms with Crippen molar-refractivity contribution in [2.75, 3.05) is 5.32 Å². The fourth-order valence-corrected chi connectivity index (χ4v) is 2.12. The molecule has 0 saturated carbocycles. The molecule has 0 saturated heterocycles. The number of rotatable bonds is 4. The van der Waals surface area contributed by atoms with Crippen LogP contribution < -0.4 is 5.32 Å². The van der Waals surface area contributed by atoms with Gasteiger partial charge in [-0.25, -0.2) is 13.6 Å². The number of benzene rings is 2. The van der Waals surface area contributed by atoms with Gasteiger partial charge in [0.05, 0.1) is 11.6 Å². The molecular formula is C16H15F2NO2. The number of nitrogens with one attached hydrogen (secondary N) is 1. The number of hydrogen-bond acceptors (Lipinski definition) is 2. The average molecular weight is 291 g/mol. The Morgan fingerprint density at radius 1 is 1.24 bits per heavy atom. The Morgan fingerprint density at radius 2 is 1.95 bits per heavy atom. The van der Waals surface area contributed by atoms with Crippen LogP contribution in [-0.4, -0.2) is 11.1 Å². The van der Waals surface area contributed by atoms with E-state index in [9.17, 15) is 13.6 Å². The van der Waals surface area contributed by atoms with E-state index < -0.39 is 23.6 Å². The van der Waals surface area contributed by atoms with Gasteiger partial charge in [-0.2, -0.15) is 0 Å². The number of carbonyl (C=O) groups is 1. The van der Waals surface area contributed by atoms with Crippen molar-refractivity contribution in [1.82, 2.24) is 0 Å². The molecule has 2 aromatic carbocycles. The predicted molar refractivity (Wildman–Crippen MR) is 76.5 cm³/mol. The number of hydrogen-bond donors (Lipinski definition) is 2. The monoisotopic (exact) mass is 291 g/mol. The van der Waals surface area contributed by atoms with E-state index in [1.165, 1.54) is 24.3 Å². The molecule has 0 amide bonds. The molecule has 1 atom stereocenters. The molecule has 3 nitrogen and oxygen atoms in total. The third-order valence-corrected chi connectivity index (χ3v) is 3.29. The van der Waals surface area contributed by atoms with Crippen LogP contribution >= 0.6 is 0 Å². The van der Waals surface area contributed by atoms with Crippen molar-refractivity contribution in [3.05, 3.63) is 64.7 Å². The number of halogens is 2. The van der Waals surface area contributed by atoms with E-state index in [0.29, 0.717) is 5.69 Å². The summed E-state index contributed by atoms with van der Waals surface area (Å²) in [4.78, 5) is 10.9. The van der Waals surface area contributed by atoms with E-state index in [1.807, 2.05) is 0 Å². The highest BCUT2D eigenvalue weighted by molar-refractivity contribution is 5.88. The topological polar surface area (TPSA) is 49.3 Å². The molecule has 0 aliphatic carbocycles. The highest BCUT2D eigenvalue weighted by Crippen LogP contribution is 2.25. The zero-order chi connectivity index (χ0) is 15.6. The molecule has 2 aromatic rings. The van der Waals surface area contributed by atoms with Crippen molar-refractivity contribution >= 4 is 11.7 Å². The van der Waals surface area contributed by atoms with E-state index in [-0.39, 0.29) is 11.1 Å². The Kier molecular flexibility index (Phi) is 4.21. The van der Waals surface area contributed by atoms with Gasteiger partial charge in [-0.05, 0) is 43.7 Å². The molecule has 0 spiro atoms. The molecular weight excluding hydrogens is 276 g/mol. The van der Waals surface area contributed by atoms with Gasteiger partial charge < -0.3 is 10.4 Å². The van der Waals surface area contributed by atoms with Gasteiger partial charge in [0.2, 0.25) is 0 Å². The number of aryl methyl sites for hydroxylation is 1. The van der Waals surface area contributed by atoms with Crippen molar-refractivity contribution in [1.29, 1.82) is 0 Å².